The minimum atomic E-state index is -1.08. The number of nitrogens with zero attached hydrogens (tertiary/aromatic N) is 2. The third-order valence-corrected chi connectivity index (χ3v) is 8.52. The van der Waals surface area contributed by atoms with Gasteiger partial charge in [0.1, 0.15) is 0 Å². The summed E-state index contributed by atoms with van der Waals surface area (Å²) in [6.45, 7) is 5.23. The Labute approximate surface area is 244 Å². The summed E-state index contributed by atoms with van der Waals surface area (Å²) in [6, 6.07) is 15.5. The smallest absolute Gasteiger partial charge is 0.340 e. The van der Waals surface area contributed by atoms with Gasteiger partial charge in [-0.1, -0.05) is 41.9 Å². The Morgan fingerprint density at radius 2 is 1.85 bits per heavy atom. The van der Waals surface area contributed by atoms with Gasteiger partial charge >= 0.3 is 5.69 Å². The molecule has 3 aromatic heterocycles. The molecule has 1 unspecified atom stereocenters. The Kier molecular flexibility index (Phi) is 6.26. The number of benzene rings is 2. The van der Waals surface area contributed by atoms with Crippen LogP contribution in [0.3, 0.4) is 0 Å². The molecule has 0 spiro atoms. The predicted molar refractivity (Wildman–Crippen MR) is 161 cm³/mol. The van der Waals surface area contributed by atoms with Crippen LogP contribution in [0.4, 0.5) is 0 Å². The van der Waals surface area contributed by atoms with Crippen LogP contribution in [-0.2, 0) is 10.4 Å². The van der Waals surface area contributed by atoms with E-state index < -0.39 is 34.1 Å². The van der Waals surface area contributed by atoms with Crippen LogP contribution in [0.2, 0.25) is 5.02 Å². The molecule has 0 saturated carbocycles. The van der Waals surface area contributed by atoms with Crippen molar-refractivity contribution in [3.8, 4) is 5.69 Å². The Balaban J connectivity index is 1.60. The van der Waals surface area contributed by atoms with E-state index in [4.69, 9.17) is 28.9 Å². The number of primary amides is 1. The fourth-order valence-corrected chi connectivity index (χ4v) is 6.40. The molecule has 208 valence electrons. The Hall–Kier alpha value is -4.11. The van der Waals surface area contributed by atoms with E-state index in [1.165, 1.54) is 10.5 Å². The highest BCUT2D eigenvalue weighted by Gasteiger charge is 2.36. The van der Waals surface area contributed by atoms with Gasteiger partial charge in [-0.25, -0.2) is 9.36 Å². The molecule has 1 aliphatic rings. The zero-order valence-electron chi connectivity index (χ0n) is 22.4. The lowest BCUT2D eigenvalue weighted by Gasteiger charge is -2.29. The number of carbonyl (C=O) groups is 1. The first-order valence-corrected chi connectivity index (χ1v) is 13.8. The highest BCUT2D eigenvalue weighted by atomic mass is 35.5. The van der Waals surface area contributed by atoms with E-state index in [1.807, 2.05) is 31.2 Å². The van der Waals surface area contributed by atoms with E-state index in [0.29, 0.717) is 38.6 Å². The molecule has 2 aromatic carbocycles. The largest absolute Gasteiger partial charge is 0.386 e. The molecule has 6 rings (SSSR count). The molecule has 0 saturated heterocycles. The molecular formula is C31H26Cl2N4O4. The average Bonchev–Trinajstić information content (AvgIpc) is 3.28. The zero-order valence-corrected chi connectivity index (χ0v) is 23.9. The Morgan fingerprint density at radius 1 is 1.10 bits per heavy atom. The van der Waals surface area contributed by atoms with Crippen LogP contribution in [-0.4, -0.2) is 30.3 Å². The van der Waals surface area contributed by atoms with Gasteiger partial charge in [0.15, 0.2) is 0 Å². The third kappa shape index (κ3) is 4.22. The molecule has 1 aliphatic carbocycles. The maximum atomic E-state index is 13.5. The summed E-state index contributed by atoms with van der Waals surface area (Å²) in [5.41, 5.74) is 8.79. The molecule has 10 heteroatoms. The van der Waals surface area contributed by atoms with Crippen molar-refractivity contribution in [3.63, 3.8) is 0 Å². The molecule has 0 aliphatic heterocycles. The number of halogens is 2. The number of fused-ring (bicyclic) bond motifs is 4. The van der Waals surface area contributed by atoms with E-state index in [2.05, 4.69) is 4.98 Å². The summed E-state index contributed by atoms with van der Waals surface area (Å²) < 4.78 is 2.45. The van der Waals surface area contributed by atoms with E-state index in [0.717, 1.165) is 21.1 Å². The van der Waals surface area contributed by atoms with Gasteiger partial charge in [-0.3, -0.25) is 14.0 Å². The summed E-state index contributed by atoms with van der Waals surface area (Å²) >= 11 is 13.2. The number of aliphatic hydroxyl groups is 1. The average molecular weight is 589 g/mol. The number of alkyl halides is 1. The molecule has 0 radical (unpaired) electrons. The van der Waals surface area contributed by atoms with Gasteiger partial charge in [-0.2, -0.15) is 0 Å². The fourth-order valence-electron chi connectivity index (χ4n) is 5.79. The quantitative estimate of drug-likeness (QED) is 0.262. The number of carbonyl (C=O) groups excluding carboxylic acids is 1. The molecule has 0 bridgehead atoms. The molecule has 1 amide bonds. The number of rotatable bonds is 4. The molecule has 3 heterocycles. The van der Waals surface area contributed by atoms with Gasteiger partial charge in [-0.05, 0) is 67.3 Å². The number of hydrogen-bond acceptors (Lipinski definition) is 4. The molecule has 8 nitrogen and oxygen atoms in total. The highest BCUT2D eigenvalue weighted by Crippen LogP contribution is 2.46. The van der Waals surface area contributed by atoms with E-state index in [-0.39, 0.29) is 5.57 Å². The Bertz CT molecular complexity index is 2060. The second kappa shape index (κ2) is 9.48. The summed E-state index contributed by atoms with van der Waals surface area (Å²) in [5, 5.41) is 11.0. The molecule has 4 N–H and O–H groups in total. The van der Waals surface area contributed by atoms with Crippen LogP contribution in [0.1, 0.15) is 47.7 Å². The van der Waals surface area contributed by atoms with Crippen molar-refractivity contribution in [1.82, 2.24) is 14.0 Å². The number of allylic oxidation sites excluding steroid dienone is 1. The second-order valence-corrected chi connectivity index (χ2v) is 11.7. The lowest BCUT2D eigenvalue weighted by atomic mass is 9.78. The van der Waals surface area contributed by atoms with Crippen molar-refractivity contribution in [2.24, 2.45) is 5.73 Å². The summed E-state index contributed by atoms with van der Waals surface area (Å²) in [4.78, 5) is 42.6. The highest BCUT2D eigenvalue weighted by molar-refractivity contribution is 6.33. The molecule has 2 atom stereocenters. The predicted octanol–water partition coefficient (Wildman–Crippen LogP) is 4.74. The molecule has 0 fully saturated rings. The van der Waals surface area contributed by atoms with Crippen molar-refractivity contribution < 1.29 is 9.90 Å². The van der Waals surface area contributed by atoms with E-state index >= 15 is 0 Å². The Morgan fingerprint density at radius 3 is 2.56 bits per heavy atom. The number of pyridine rings is 1. The molecular weight excluding hydrogens is 563 g/mol. The van der Waals surface area contributed by atoms with Crippen LogP contribution in [0.25, 0.3) is 27.7 Å². The van der Waals surface area contributed by atoms with Crippen molar-refractivity contribution in [2.45, 2.75) is 37.7 Å². The summed E-state index contributed by atoms with van der Waals surface area (Å²) in [7, 11) is 0. The second-order valence-electron chi connectivity index (χ2n) is 10.8. The first kappa shape index (κ1) is 27.1. The number of nitrogens with two attached hydrogens (primary N) is 1. The maximum absolute atomic E-state index is 13.5. The maximum Gasteiger partial charge on any atom is 0.340 e. The van der Waals surface area contributed by atoms with Gasteiger partial charge in [-0.15, -0.1) is 11.6 Å². The fraction of sp³-hybridized carbons (Fsp3) is 0.194. The summed E-state index contributed by atoms with van der Waals surface area (Å²) in [6.07, 6.45) is 3.19. The van der Waals surface area contributed by atoms with Crippen LogP contribution < -0.4 is 17.0 Å². The number of aromatic nitrogens is 3. The SMILES string of the molecule is Cc1c(C2c3c([nH]c4cc(C(C)(C)O)ccc34)C(C(N)=O)=C[C@H]2Cl)cccc1-n1c(=O)cc2c(Cl)cccn2c1=O. The molecule has 41 heavy (non-hydrogen) atoms. The van der Waals surface area contributed by atoms with Crippen molar-refractivity contribution in [2.75, 3.05) is 0 Å². The van der Waals surface area contributed by atoms with Gasteiger partial charge in [0.25, 0.3) is 11.5 Å². The van der Waals surface area contributed by atoms with Crippen molar-refractivity contribution >= 4 is 51.1 Å². The van der Waals surface area contributed by atoms with E-state index in [9.17, 15) is 19.5 Å². The molecule has 5 aromatic rings. The van der Waals surface area contributed by atoms with Gasteiger partial charge < -0.3 is 15.8 Å². The number of aromatic amines is 1. The summed E-state index contributed by atoms with van der Waals surface area (Å²) in [5.74, 6) is -1.07. The van der Waals surface area contributed by atoms with E-state index in [1.54, 1.807) is 50.4 Å². The van der Waals surface area contributed by atoms with Gasteiger partial charge in [0.05, 0.1) is 38.5 Å². The minimum absolute atomic E-state index is 0.270. The van der Waals surface area contributed by atoms with Crippen LogP contribution in [0, 0.1) is 6.92 Å². The van der Waals surface area contributed by atoms with Gasteiger partial charge in [0, 0.05) is 29.1 Å². The minimum Gasteiger partial charge on any atom is -0.386 e. The number of amides is 1. The first-order chi connectivity index (χ1) is 19.4. The van der Waals surface area contributed by atoms with Crippen LogP contribution in [0.15, 0.2) is 76.5 Å². The standard InChI is InChI=1S/C31H26Cl2N4O4/c1-15-17(6-4-8-23(15)37-25(38)14-24-20(32)7-5-11-36(24)30(37)40)26-21(33)13-19(29(34)39)28-27(26)18-10-9-16(31(2,3)41)12-22(18)35-28/h4-14,21,26,35,41H,1-3H3,(H2,34,39)/t21-,26?/m1/s1. The number of nitrogens with one attached hydrogen (secondary N) is 1. The monoisotopic (exact) mass is 588 g/mol. The normalized spacial score (nSPS) is 17.1. The number of hydrogen-bond donors (Lipinski definition) is 3. The van der Waals surface area contributed by atoms with Crippen LogP contribution >= 0.6 is 23.2 Å². The van der Waals surface area contributed by atoms with Crippen molar-refractivity contribution in [3.05, 3.63) is 121 Å². The number of H-pyrrole nitrogens is 1. The lowest BCUT2D eigenvalue weighted by molar-refractivity contribution is -0.112. The van der Waals surface area contributed by atoms with Gasteiger partial charge in [0.2, 0.25) is 0 Å². The first-order valence-electron chi connectivity index (χ1n) is 13.0. The third-order valence-electron chi connectivity index (χ3n) is 7.82. The lowest BCUT2D eigenvalue weighted by Crippen LogP contribution is -2.36. The van der Waals surface area contributed by atoms with Crippen molar-refractivity contribution in [1.29, 1.82) is 0 Å². The zero-order chi connectivity index (χ0) is 29.4. The van der Waals surface area contributed by atoms with Crippen LogP contribution in [0.5, 0.6) is 0 Å². The topological polar surface area (TPSA) is 123 Å².